The predicted molar refractivity (Wildman–Crippen MR) is 80.6 cm³/mol. The first kappa shape index (κ1) is 16.1. The summed E-state index contributed by atoms with van der Waals surface area (Å²) in [4.78, 5) is 59.1. The molecule has 2 aromatic rings. The molecule has 25 heavy (non-hydrogen) atoms. The minimum absolute atomic E-state index is 0.170. The van der Waals surface area contributed by atoms with Crippen molar-refractivity contribution >= 4 is 29.5 Å². The maximum absolute atomic E-state index is 12.7. The number of carboxylic acid groups (broad SMARTS) is 3. The Bertz CT molecular complexity index is 1020. The molecule has 3 rings (SSSR count). The molecule has 0 radical (unpaired) electrons. The number of fused-ring (bicyclic) bond motifs is 2. The number of rotatable bonds is 3. The van der Waals surface area contributed by atoms with E-state index in [9.17, 15) is 29.1 Å². The van der Waals surface area contributed by atoms with E-state index in [1.165, 1.54) is 0 Å². The van der Waals surface area contributed by atoms with Crippen molar-refractivity contribution < 1.29 is 39.3 Å². The summed E-state index contributed by atoms with van der Waals surface area (Å²) in [5, 5.41) is 27.5. The van der Waals surface area contributed by atoms with Gasteiger partial charge in [-0.15, -0.1) is 0 Å². The van der Waals surface area contributed by atoms with Gasteiger partial charge in [0.05, 0.1) is 16.7 Å². The van der Waals surface area contributed by atoms with Crippen LogP contribution >= 0.6 is 0 Å². The van der Waals surface area contributed by atoms with Crippen LogP contribution in [-0.2, 0) is 0 Å². The van der Waals surface area contributed by atoms with Crippen LogP contribution < -0.4 is 0 Å². The van der Waals surface area contributed by atoms with Gasteiger partial charge in [-0.3, -0.25) is 9.59 Å². The van der Waals surface area contributed by atoms with E-state index in [1.807, 2.05) is 0 Å². The molecule has 1 aliphatic carbocycles. The fourth-order valence-corrected chi connectivity index (χ4v) is 2.77. The lowest BCUT2D eigenvalue weighted by Gasteiger charge is -2.20. The van der Waals surface area contributed by atoms with Crippen LogP contribution in [0.2, 0.25) is 0 Å². The quantitative estimate of drug-likeness (QED) is 0.651. The van der Waals surface area contributed by atoms with Crippen LogP contribution in [0.25, 0.3) is 0 Å². The van der Waals surface area contributed by atoms with Gasteiger partial charge in [-0.05, 0) is 30.3 Å². The molecule has 0 saturated carbocycles. The summed E-state index contributed by atoms with van der Waals surface area (Å²) < 4.78 is 0. The molecule has 0 atom stereocenters. The fraction of sp³-hybridized carbons (Fsp3) is 0. The highest BCUT2D eigenvalue weighted by Gasteiger charge is 2.36. The maximum atomic E-state index is 12.7. The third-order valence-electron chi connectivity index (χ3n) is 3.88. The zero-order chi connectivity index (χ0) is 18.5. The van der Waals surface area contributed by atoms with E-state index in [2.05, 4.69) is 0 Å². The Morgan fingerprint density at radius 2 is 1.32 bits per heavy atom. The van der Waals surface area contributed by atoms with Gasteiger partial charge in [0, 0.05) is 22.3 Å². The van der Waals surface area contributed by atoms with E-state index in [4.69, 9.17) is 10.2 Å². The minimum Gasteiger partial charge on any atom is -0.478 e. The summed E-state index contributed by atoms with van der Waals surface area (Å²) in [6.45, 7) is 0. The molecular weight excluding hydrogens is 332 g/mol. The fourth-order valence-electron chi connectivity index (χ4n) is 2.77. The molecule has 0 saturated heterocycles. The Kier molecular flexibility index (Phi) is 3.45. The molecule has 3 N–H and O–H groups in total. The number of hydrogen-bond donors (Lipinski definition) is 3. The minimum atomic E-state index is -1.65. The lowest BCUT2D eigenvalue weighted by molar-refractivity contribution is 0.0649. The zero-order valence-electron chi connectivity index (χ0n) is 12.3. The van der Waals surface area contributed by atoms with Crippen LogP contribution in [0.15, 0.2) is 30.3 Å². The van der Waals surface area contributed by atoms with Crippen LogP contribution in [0.4, 0.5) is 0 Å². The SMILES string of the molecule is O=C(O)c1ccc2c(c1)C(=O)c1ccc(C(=O)O)c(C(=O)O)c1C2=O. The molecule has 0 aliphatic heterocycles. The summed E-state index contributed by atoms with van der Waals surface area (Å²) in [7, 11) is 0. The van der Waals surface area contributed by atoms with Crippen molar-refractivity contribution in [2.75, 3.05) is 0 Å². The highest BCUT2D eigenvalue weighted by Crippen LogP contribution is 2.32. The van der Waals surface area contributed by atoms with Gasteiger partial charge in [0.25, 0.3) is 0 Å². The summed E-state index contributed by atoms with van der Waals surface area (Å²) in [6, 6.07) is 5.25. The second kappa shape index (κ2) is 5.38. The molecule has 8 heteroatoms. The van der Waals surface area contributed by atoms with Crippen molar-refractivity contribution in [3.8, 4) is 0 Å². The maximum Gasteiger partial charge on any atom is 0.337 e. The third-order valence-corrected chi connectivity index (χ3v) is 3.88. The lowest BCUT2D eigenvalue weighted by Crippen LogP contribution is -2.26. The van der Waals surface area contributed by atoms with Gasteiger partial charge in [-0.25, -0.2) is 14.4 Å². The second-order valence-electron chi connectivity index (χ2n) is 5.24. The second-order valence-corrected chi connectivity index (χ2v) is 5.24. The lowest BCUT2D eigenvalue weighted by atomic mass is 9.80. The number of aromatic carboxylic acids is 3. The smallest absolute Gasteiger partial charge is 0.337 e. The Balaban J connectivity index is 2.35. The largest absolute Gasteiger partial charge is 0.478 e. The first-order chi connectivity index (χ1) is 11.7. The molecule has 0 bridgehead atoms. The molecule has 0 fully saturated rings. The number of carbonyl (C=O) groups is 5. The Labute approximate surface area is 138 Å². The van der Waals surface area contributed by atoms with Gasteiger partial charge in [0.15, 0.2) is 11.6 Å². The van der Waals surface area contributed by atoms with E-state index in [0.29, 0.717) is 0 Å². The van der Waals surface area contributed by atoms with Gasteiger partial charge in [0.2, 0.25) is 0 Å². The van der Waals surface area contributed by atoms with Crippen molar-refractivity contribution in [3.05, 3.63) is 69.3 Å². The van der Waals surface area contributed by atoms with Crippen LogP contribution in [0.5, 0.6) is 0 Å². The summed E-state index contributed by atoms with van der Waals surface area (Å²) in [5.74, 6) is -6.08. The van der Waals surface area contributed by atoms with Gasteiger partial charge < -0.3 is 15.3 Å². The van der Waals surface area contributed by atoms with E-state index in [-0.39, 0.29) is 22.3 Å². The normalized spacial score (nSPS) is 12.3. The molecule has 0 unspecified atom stereocenters. The average molecular weight is 340 g/mol. The van der Waals surface area contributed by atoms with E-state index in [0.717, 1.165) is 30.3 Å². The van der Waals surface area contributed by atoms with Gasteiger partial charge in [0.1, 0.15) is 0 Å². The van der Waals surface area contributed by atoms with Crippen LogP contribution in [0.1, 0.15) is 62.9 Å². The molecule has 8 nitrogen and oxygen atoms in total. The number of carboxylic acids is 3. The first-order valence-electron chi connectivity index (χ1n) is 6.84. The van der Waals surface area contributed by atoms with Crippen LogP contribution in [0.3, 0.4) is 0 Å². The Morgan fingerprint density at radius 3 is 1.88 bits per heavy atom. The summed E-state index contributed by atoms with van der Waals surface area (Å²) in [5.41, 5.74) is -2.71. The van der Waals surface area contributed by atoms with Crippen LogP contribution in [0, 0.1) is 0 Å². The first-order valence-corrected chi connectivity index (χ1v) is 6.84. The van der Waals surface area contributed by atoms with Crippen molar-refractivity contribution in [1.29, 1.82) is 0 Å². The van der Waals surface area contributed by atoms with Crippen molar-refractivity contribution in [2.45, 2.75) is 0 Å². The molecule has 2 aromatic carbocycles. The zero-order valence-corrected chi connectivity index (χ0v) is 12.3. The van der Waals surface area contributed by atoms with E-state index in [1.54, 1.807) is 0 Å². The van der Waals surface area contributed by atoms with Crippen molar-refractivity contribution in [2.24, 2.45) is 0 Å². The standard InChI is InChI=1S/C17H8O8/c18-13-8-3-4-9(16(22)23)12(17(24)25)11(8)14(19)7-2-1-6(15(20)21)5-10(7)13/h1-5H,(H,20,21)(H,22,23)(H,24,25). The number of carbonyl (C=O) groups excluding carboxylic acids is 2. The van der Waals surface area contributed by atoms with E-state index < -0.39 is 46.2 Å². The molecule has 1 aliphatic rings. The monoisotopic (exact) mass is 340 g/mol. The predicted octanol–water partition coefficient (Wildman–Crippen LogP) is 1.56. The Hall–Kier alpha value is -3.81. The average Bonchev–Trinajstić information content (AvgIpc) is 2.57. The summed E-state index contributed by atoms with van der Waals surface area (Å²) >= 11 is 0. The van der Waals surface area contributed by atoms with Crippen molar-refractivity contribution in [1.82, 2.24) is 0 Å². The van der Waals surface area contributed by atoms with Crippen LogP contribution in [-0.4, -0.2) is 44.8 Å². The third kappa shape index (κ3) is 2.27. The highest BCUT2D eigenvalue weighted by molar-refractivity contribution is 6.31. The molecule has 0 heterocycles. The number of benzene rings is 2. The number of hydrogen-bond acceptors (Lipinski definition) is 5. The molecule has 0 amide bonds. The topological polar surface area (TPSA) is 146 Å². The van der Waals surface area contributed by atoms with E-state index >= 15 is 0 Å². The van der Waals surface area contributed by atoms with Gasteiger partial charge in [-0.1, -0.05) is 0 Å². The highest BCUT2D eigenvalue weighted by atomic mass is 16.4. The van der Waals surface area contributed by atoms with Gasteiger partial charge in [-0.2, -0.15) is 0 Å². The number of ketones is 2. The molecule has 124 valence electrons. The van der Waals surface area contributed by atoms with Crippen molar-refractivity contribution in [3.63, 3.8) is 0 Å². The van der Waals surface area contributed by atoms with Gasteiger partial charge >= 0.3 is 17.9 Å². The summed E-state index contributed by atoms with van der Waals surface area (Å²) in [6.07, 6.45) is 0. The molecule has 0 spiro atoms. The Morgan fingerprint density at radius 1 is 0.680 bits per heavy atom. The molecule has 0 aromatic heterocycles. The molecular formula is C17H8O8.